The first-order chi connectivity index (χ1) is 20.7. The smallest absolute Gasteiger partial charge is 0.391 e. The lowest BCUT2D eigenvalue weighted by atomic mass is 10.1. The van der Waals surface area contributed by atoms with Crippen LogP contribution in [0.3, 0.4) is 0 Å². The number of carbonyl (C=O) groups excluding carboxylic acids is 3. The van der Waals surface area contributed by atoms with Crippen molar-refractivity contribution in [3.63, 3.8) is 0 Å². The van der Waals surface area contributed by atoms with Crippen molar-refractivity contribution in [3.8, 4) is 17.7 Å². The number of amides is 1. The number of nitrogens with one attached hydrogen (secondary N) is 1. The number of Topliss-reactive ketones (excluding diaryl/α,β-unsaturated/α-hetero) is 1. The molecule has 17 nitrogen and oxygen atoms in total. The number of aromatic amines is 1. The number of hydrogen-bond acceptors (Lipinski definition) is 12. The second-order valence-corrected chi connectivity index (χ2v) is 11.3. The summed E-state index contributed by atoms with van der Waals surface area (Å²) in [6.07, 6.45) is 4.45. The fraction of sp³-hybridized carbons (Fsp3) is 0. The van der Waals surface area contributed by atoms with Gasteiger partial charge in [0.1, 0.15) is 6.11 Å². The van der Waals surface area contributed by atoms with Gasteiger partial charge in [-0.05, 0) is 60.7 Å². The molecule has 0 bridgehead atoms. The first-order valence-electron chi connectivity index (χ1n) is 11.5. The molecule has 1 aliphatic rings. The number of aromatic nitrogens is 2. The van der Waals surface area contributed by atoms with Gasteiger partial charge < -0.3 is 5.11 Å². The van der Waals surface area contributed by atoms with Crippen molar-refractivity contribution in [1.82, 2.24) is 9.78 Å². The highest BCUT2D eigenvalue weighted by atomic mass is 32.2. The molecular weight excluding hydrogens is 628 g/mol. The number of anilines is 1. The van der Waals surface area contributed by atoms with Crippen LogP contribution < -0.4 is 10.6 Å². The van der Waals surface area contributed by atoms with Crippen molar-refractivity contribution < 1.29 is 55.6 Å². The van der Waals surface area contributed by atoms with Gasteiger partial charge in [0.15, 0.2) is 11.4 Å². The fourth-order valence-corrected chi connectivity index (χ4v) is 4.73. The van der Waals surface area contributed by atoms with E-state index in [1.54, 1.807) is 5.92 Å². The zero-order chi connectivity index (χ0) is 32.4. The molecule has 19 heteroatoms. The molecule has 1 amide bonds. The predicted molar refractivity (Wildman–Crippen MR) is 147 cm³/mol. The number of hydrogen-bond donors (Lipinski definition) is 5. The Morgan fingerprint density at radius 3 is 1.95 bits per heavy atom. The summed E-state index contributed by atoms with van der Waals surface area (Å²) in [4.78, 5) is 53.6. The molecule has 5 N–H and O–H groups in total. The minimum absolute atomic E-state index is 0.00313. The first kappa shape index (κ1) is 31.3. The number of nitrogens with zero attached hydrogens (tertiary/aromatic N) is 3. The number of aliphatic hydroxyl groups excluding tert-OH is 1. The molecule has 2 aromatic carbocycles. The zero-order valence-electron chi connectivity index (χ0n) is 21.5. The van der Waals surface area contributed by atoms with Crippen LogP contribution in [0.1, 0.15) is 16.1 Å². The van der Waals surface area contributed by atoms with Crippen molar-refractivity contribution in [1.29, 1.82) is 0 Å². The highest BCUT2D eigenvalue weighted by Gasteiger charge is 2.34. The SMILES string of the molecule is O=C(C#CO)C1=NN(c2ccc(S(=O)(=O)O)cc2)C(=O)/C1=C\C=Cc1c(C(=O)OO)[nH]n(-c2ccc(S(=O)(=O)O)cc2)c1=O. The van der Waals surface area contributed by atoms with Crippen LogP contribution in [0.25, 0.3) is 11.8 Å². The molecule has 3 aromatic rings. The number of allylic oxidation sites excluding steroid dienone is 2. The van der Waals surface area contributed by atoms with Crippen molar-refractivity contribution in [2.24, 2.45) is 5.10 Å². The first-order valence-corrected chi connectivity index (χ1v) is 14.4. The van der Waals surface area contributed by atoms with E-state index in [1.807, 2.05) is 0 Å². The Kier molecular flexibility index (Phi) is 8.48. The standard InChI is InChI=1S/C25H16N4O13S2/c30-13-12-20(31)21-18(23(32)28(26-21)14-4-8-16(9-5-14)43(36,37)38)2-1-3-19-22(25(34)42-35)27-29(24(19)33)15-6-10-17(11-7-15)44(39,40)41/h1-11,27,30,35H,(H,36,37,38)(H,39,40,41)/b3-1?,18-2-. The zero-order valence-corrected chi connectivity index (χ0v) is 23.1. The average molecular weight is 645 g/mol. The molecule has 0 unspecified atom stereocenters. The minimum atomic E-state index is -4.55. The lowest BCUT2D eigenvalue weighted by Crippen LogP contribution is -2.22. The molecule has 1 aliphatic heterocycles. The monoisotopic (exact) mass is 644 g/mol. The number of benzene rings is 2. The Morgan fingerprint density at radius 2 is 1.45 bits per heavy atom. The van der Waals surface area contributed by atoms with E-state index >= 15 is 0 Å². The van der Waals surface area contributed by atoms with E-state index < -0.39 is 75.8 Å². The van der Waals surface area contributed by atoms with Crippen LogP contribution in [0, 0.1) is 12.0 Å². The third-order valence-corrected chi connectivity index (χ3v) is 7.51. The van der Waals surface area contributed by atoms with Crippen LogP contribution in [0.5, 0.6) is 0 Å². The third-order valence-electron chi connectivity index (χ3n) is 5.77. The maximum Gasteiger partial charge on any atom is 0.391 e. The van der Waals surface area contributed by atoms with Gasteiger partial charge in [0.05, 0.1) is 32.3 Å². The van der Waals surface area contributed by atoms with Crippen LogP contribution in [0.2, 0.25) is 0 Å². The molecule has 44 heavy (non-hydrogen) atoms. The van der Waals surface area contributed by atoms with Gasteiger partial charge in [-0.2, -0.15) is 32.2 Å². The summed E-state index contributed by atoms with van der Waals surface area (Å²) in [5, 5.41) is 24.7. The fourth-order valence-electron chi connectivity index (χ4n) is 3.77. The Balaban J connectivity index is 1.75. The third kappa shape index (κ3) is 6.24. The Morgan fingerprint density at radius 1 is 0.909 bits per heavy atom. The van der Waals surface area contributed by atoms with Gasteiger partial charge in [-0.25, -0.2) is 9.48 Å². The lowest BCUT2D eigenvalue weighted by molar-refractivity contribution is -0.183. The molecule has 4 rings (SSSR count). The predicted octanol–water partition coefficient (Wildman–Crippen LogP) is 0.534. The molecule has 0 spiro atoms. The largest absolute Gasteiger partial charge is 0.462 e. The summed E-state index contributed by atoms with van der Waals surface area (Å²) in [5.41, 5.74) is -2.93. The van der Waals surface area contributed by atoms with E-state index in [1.165, 1.54) is 6.11 Å². The number of H-pyrrole nitrogens is 1. The summed E-state index contributed by atoms with van der Waals surface area (Å²) in [6.45, 7) is 0. The quantitative estimate of drug-likeness (QED) is 0.0738. The summed E-state index contributed by atoms with van der Waals surface area (Å²) >= 11 is 0. The summed E-state index contributed by atoms with van der Waals surface area (Å²) in [7, 11) is -9.09. The van der Waals surface area contributed by atoms with E-state index in [9.17, 15) is 36.0 Å². The topological polar surface area (TPSA) is 263 Å². The molecular formula is C25H16N4O13S2. The van der Waals surface area contributed by atoms with Crippen LogP contribution in [0.15, 0.2) is 85.9 Å². The molecule has 0 saturated carbocycles. The summed E-state index contributed by atoms with van der Waals surface area (Å²) < 4.78 is 64.3. The van der Waals surface area contributed by atoms with Crippen molar-refractivity contribution in [2.75, 3.05) is 5.01 Å². The molecule has 0 atom stereocenters. The normalized spacial score (nSPS) is 14.4. The van der Waals surface area contributed by atoms with Crippen LogP contribution in [0.4, 0.5) is 5.69 Å². The maximum absolute atomic E-state index is 13.2. The number of aliphatic hydroxyl groups is 1. The second kappa shape index (κ2) is 11.9. The summed E-state index contributed by atoms with van der Waals surface area (Å²) in [6, 6.07) is 8.36. The van der Waals surface area contributed by atoms with Crippen molar-refractivity contribution in [2.45, 2.75) is 9.79 Å². The highest BCUT2D eigenvalue weighted by Crippen LogP contribution is 2.26. The van der Waals surface area contributed by atoms with Gasteiger partial charge >= 0.3 is 5.97 Å². The van der Waals surface area contributed by atoms with E-state index in [-0.39, 0.29) is 11.4 Å². The molecule has 2 heterocycles. The van der Waals surface area contributed by atoms with Gasteiger partial charge in [0.2, 0.25) is 0 Å². The van der Waals surface area contributed by atoms with Gasteiger partial charge in [0.25, 0.3) is 37.5 Å². The Bertz CT molecular complexity index is 2130. The van der Waals surface area contributed by atoms with E-state index in [0.29, 0.717) is 5.01 Å². The summed E-state index contributed by atoms with van der Waals surface area (Å²) in [5.74, 6) is -1.64. The van der Waals surface area contributed by atoms with Crippen LogP contribution in [-0.2, 0) is 34.7 Å². The minimum Gasteiger partial charge on any atom is -0.462 e. The second-order valence-electron chi connectivity index (χ2n) is 8.43. The molecule has 0 radical (unpaired) electrons. The maximum atomic E-state index is 13.2. The van der Waals surface area contributed by atoms with Gasteiger partial charge in [-0.3, -0.25) is 33.5 Å². The average Bonchev–Trinajstić information content (AvgIpc) is 3.48. The number of rotatable bonds is 8. The van der Waals surface area contributed by atoms with Crippen LogP contribution in [-0.4, -0.2) is 69.5 Å². The number of hydrazone groups is 1. The van der Waals surface area contributed by atoms with Gasteiger partial charge in [-0.1, -0.05) is 6.08 Å². The number of ketones is 1. The molecule has 226 valence electrons. The number of carbonyl (C=O) groups is 3. The molecule has 0 aliphatic carbocycles. The lowest BCUT2D eigenvalue weighted by Gasteiger charge is -2.11. The Hall–Kier alpha value is -5.65. The highest BCUT2D eigenvalue weighted by molar-refractivity contribution is 7.86. The molecule has 0 saturated heterocycles. The van der Waals surface area contributed by atoms with E-state index in [4.69, 9.17) is 19.5 Å². The van der Waals surface area contributed by atoms with Gasteiger partial charge in [0, 0.05) is 5.92 Å². The van der Waals surface area contributed by atoms with Gasteiger partial charge in [-0.15, -0.1) is 0 Å². The molecule has 0 fully saturated rings. The van der Waals surface area contributed by atoms with E-state index in [2.05, 4.69) is 15.1 Å². The Labute approximate surface area is 246 Å². The van der Waals surface area contributed by atoms with E-state index in [0.717, 1.165) is 71.4 Å². The van der Waals surface area contributed by atoms with Crippen molar-refractivity contribution in [3.05, 3.63) is 87.9 Å². The van der Waals surface area contributed by atoms with Crippen LogP contribution >= 0.6 is 0 Å². The molecule has 1 aromatic heterocycles. The van der Waals surface area contributed by atoms with Crippen molar-refractivity contribution >= 4 is 55.4 Å².